The van der Waals surface area contributed by atoms with Crippen LogP contribution in [0.3, 0.4) is 0 Å². The van der Waals surface area contributed by atoms with E-state index in [9.17, 15) is 13.2 Å². The number of halogens is 4. The Morgan fingerprint density at radius 3 is 2.46 bits per heavy atom. The van der Waals surface area contributed by atoms with E-state index in [1.54, 1.807) is 13.8 Å². The van der Waals surface area contributed by atoms with Crippen molar-refractivity contribution < 1.29 is 13.2 Å². The molecule has 0 atom stereocenters. The van der Waals surface area contributed by atoms with Crippen LogP contribution in [0.25, 0.3) is 11.3 Å². The van der Waals surface area contributed by atoms with Gasteiger partial charge in [-0.25, -0.2) is 18.2 Å². The van der Waals surface area contributed by atoms with Crippen LogP contribution in [0.5, 0.6) is 0 Å². The van der Waals surface area contributed by atoms with Crippen LogP contribution in [0, 0.1) is 17.6 Å². The standard InChI is InChI=1S/C17H17ClF3N3/c1-17(2,21)11-8-24(9-11)7-10-3-14(20)16(23-5-10)12-6-22-15(18)4-13(12)19/h3-6,11H,7-9H2,1-2H3. The van der Waals surface area contributed by atoms with Gasteiger partial charge in [-0.1, -0.05) is 11.6 Å². The van der Waals surface area contributed by atoms with Crippen molar-refractivity contribution in [1.29, 1.82) is 0 Å². The molecule has 0 bridgehead atoms. The van der Waals surface area contributed by atoms with E-state index >= 15 is 0 Å². The SMILES string of the molecule is CC(C)(F)C1CN(Cc2cnc(-c3cnc(Cl)cc3F)c(F)c2)C1. The molecule has 3 rings (SSSR count). The van der Waals surface area contributed by atoms with Gasteiger partial charge < -0.3 is 0 Å². The predicted molar refractivity (Wildman–Crippen MR) is 86.3 cm³/mol. The van der Waals surface area contributed by atoms with Crippen molar-refractivity contribution in [3.05, 3.63) is 46.9 Å². The number of hydrogen-bond acceptors (Lipinski definition) is 3. The lowest BCUT2D eigenvalue weighted by molar-refractivity contribution is -0.0124. The fourth-order valence-corrected chi connectivity index (χ4v) is 2.88. The number of nitrogens with zero attached hydrogens (tertiary/aromatic N) is 3. The second-order valence-corrected chi connectivity index (χ2v) is 7.00. The zero-order chi connectivity index (χ0) is 17.5. The van der Waals surface area contributed by atoms with Crippen LogP contribution >= 0.6 is 11.6 Å². The first-order chi connectivity index (χ1) is 11.2. The monoisotopic (exact) mass is 355 g/mol. The molecule has 2 aromatic heterocycles. The van der Waals surface area contributed by atoms with Crippen molar-refractivity contribution in [3.8, 4) is 11.3 Å². The maximum Gasteiger partial charge on any atom is 0.149 e. The first-order valence-electron chi connectivity index (χ1n) is 7.61. The third-order valence-corrected chi connectivity index (χ3v) is 4.51. The molecule has 3 heterocycles. The summed E-state index contributed by atoms with van der Waals surface area (Å²) in [5, 5.41) is -0.00333. The molecule has 7 heteroatoms. The minimum absolute atomic E-state index is 0.00333. The minimum Gasteiger partial charge on any atom is -0.298 e. The molecular formula is C17H17ClF3N3. The van der Waals surface area contributed by atoms with Gasteiger partial charge in [0.05, 0.1) is 5.56 Å². The maximum absolute atomic E-state index is 14.3. The lowest BCUT2D eigenvalue weighted by Crippen LogP contribution is -2.53. The maximum atomic E-state index is 14.3. The molecule has 0 N–H and O–H groups in total. The average Bonchev–Trinajstić information content (AvgIpc) is 2.42. The molecule has 0 aliphatic carbocycles. The predicted octanol–water partition coefficient (Wildman–Crippen LogP) is 4.26. The number of rotatable bonds is 4. The van der Waals surface area contributed by atoms with Crippen LogP contribution in [-0.4, -0.2) is 33.6 Å². The highest BCUT2D eigenvalue weighted by Gasteiger charge is 2.38. The number of aromatic nitrogens is 2. The molecule has 1 saturated heterocycles. The van der Waals surface area contributed by atoms with E-state index in [4.69, 9.17) is 11.6 Å². The van der Waals surface area contributed by atoms with E-state index in [0.717, 1.165) is 12.3 Å². The highest BCUT2D eigenvalue weighted by Crippen LogP contribution is 2.31. The minimum atomic E-state index is -1.21. The van der Waals surface area contributed by atoms with E-state index in [1.807, 2.05) is 4.90 Å². The molecule has 2 aromatic rings. The quantitative estimate of drug-likeness (QED) is 0.767. The Morgan fingerprint density at radius 1 is 1.17 bits per heavy atom. The summed E-state index contributed by atoms with van der Waals surface area (Å²) in [7, 11) is 0. The second-order valence-electron chi connectivity index (χ2n) is 6.62. The van der Waals surface area contributed by atoms with E-state index in [1.165, 1.54) is 12.3 Å². The summed E-state index contributed by atoms with van der Waals surface area (Å²) in [5.74, 6) is -1.31. The topological polar surface area (TPSA) is 29.0 Å². The summed E-state index contributed by atoms with van der Waals surface area (Å²) in [6.45, 7) is 4.88. The summed E-state index contributed by atoms with van der Waals surface area (Å²) in [5.41, 5.74) is -0.685. The van der Waals surface area contributed by atoms with Crippen LogP contribution in [0.15, 0.2) is 24.5 Å². The van der Waals surface area contributed by atoms with E-state index < -0.39 is 17.3 Å². The van der Waals surface area contributed by atoms with Gasteiger partial charge in [0, 0.05) is 44.0 Å². The van der Waals surface area contributed by atoms with Crippen molar-refractivity contribution in [2.24, 2.45) is 5.92 Å². The number of likely N-dealkylation sites (tertiary alicyclic amines) is 1. The largest absolute Gasteiger partial charge is 0.298 e. The molecule has 128 valence electrons. The smallest absolute Gasteiger partial charge is 0.149 e. The van der Waals surface area contributed by atoms with Crippen molar-refractivity contribution >= 4 is 11.6 Å². The van der Waals surface area contributed by atoms with Gasteiger partial charge in [-0.3, -0.25) is 9.88 Å². The molecule has 1 aliphatic rings. The highest BCUT2D eigenvalue weighted by molar-refractivity contribution is 6.29. The van der Waals surface area contributed by atoms with Gasteiger partial charge in [-0.15, -0.1) is 0 Å². The fraction of sp³-hybridized carbons (Fsp3) is 0.412. The highest BCUT2D eigenvalue weighted by atomic mass is 35.5. The molecule has 1 aliphatic heterocycles. The van der Waals surface area contributed by atoms with Crippen molar-refractivity contribution in [2.45, 2.75) is 26.1 Å². The van der Waals surface area contributed by atoms with Gasteiger partial charge >= 0.3 is 0 Å². The van der Waals surface area contributed by atoms with Gasteiger partial charge in [-0.2, -0.15) is 0 Å². The normalized spacial score (nSPS) is 16.2. The number of pyridine rings is 2. The first kappa shape index (κ1) is 17.2. The van der Waals surface area contributed by atoms with Crippen molar-refractivity contribution in [1.82, 2.24) is 14.9 Å². The molecule has 24 heavy (non-hydrogen) atoms. The molecule has 0 unspecified atom stereocenters. The molecule has 0 amide bonds. The Labute approximate surface area is 143 Å². The van der Waals surface area contributed by atoms with Gasteiger partial charge in [0.25, 0.3) is 0 Å². The number of hydrogen-bond donors (Lipinski definition) is 0. The third-order valence-electron chi connectivity index (χ3n) is 4.31. The number of alkyl halides is 1. The van der Waals surface area contributed by atoms with Crippen LogP contribution in [-0.2, 0) is 6.54 Å². The first-order valence-corrected chi connectivity index (χ1v) is 7.99. The Morgan fingerprint density at radius 2 is 1.88 bits per heavy atom. The van der Waals surface area contributed by atoms with E-state index in [-0.39, 0.29) is 22.3 Å². The van der Waals surface area contributed by atoms with Crippen LogP contribution in [0.4, 0.5) is 13.2 Å². The van der Waals surface area contributed by atoms with Crippen LogP contribution in [0.1, 0.15) is 19.4 Å². The zero-order valence-corrected chi connectivity index (χ0v) is 14.1. The van der Waals surface area contributed by atoms with Gasteiger partial charge in [-0.05, 0) is 25.5 Å². The molecule has 0 radical (unpaired) electrons. The summed E-state index contributed by atoms with van der Waals surface area (Å²) in [6.07, 6.45) is 2.66. The second kappa shape index (κ2) is 6.33. The third kappa shape index (κ3) is 3.54. The summed E-state index contributed by atoms with van der Waals surface area (Å²) in [6, 6.07) is 2.34. The van der Waals surface area contributed by atoms with Gasteiger partial charge in [0.15, 0.2) is 0 Å². The Hall–Kier alpha value is -1.66. The van der Waals surface area contributed by atoms with E-state index in [2.05, 4.69) is 9.97 Å². The van der Waals surface area contributed by atoms with Gasteiger partial charge in [0.2, 0.25) is 0 Å². The van der Waals surface area contributed by atoms with E-state index in [0.29, 0.717) is 25.2 Å². The van der Waals surface area contributed by atoms with Gasteiger partial charge in [0.1, 0.15) is 28.2 Å². The molecule has 0 saturated carbocycles. The van der Waals surface area contributed by atoms with Crippen LogP contribution in [0.2, 0.25) is 5.15 Å². The molecular weight excluding hydrogens is 339 g/mol. The molecule has 0 aromatic carbocycles. The summed E-state index contributed by atoms with van der Waals surface area (Å²) >= 11 is 5.60. The average molecular weight is 356 g/mol. The Kier molecular flexibility index (Phi) is 4.53. The molecule has 3 nitrogen and oxygen atoms in total. The zero-order valence-electron chi connectivity index (χ0n) is 13.4. The lowest BCUT2D eigenvalue weighted by atomic mass is 9.85. The Balaban J connectivity index is 1.72. The lowest BCUT2D eigenvalue weighted by Gasteiger charge is -2.44. The Bertz CT molecular complexity index is 755. The molecule has 1 fully saturated rings. The summed E-state index contributed by atoms with van der Waals surface area (Å²) in [4.78, 5) is 9.80. The van der Waals surface area contributed by atoms with Crippen LogP contribution < -0.4 is 0 Å². The summed E-state index contributed by atoms with van der Waals surface area (Å²) < 4.78 is 41.9. The fourth-order valence-electron chi connectivity index (χ4n) is 2.74. The van der Waals surface area contributed by atoms with Crippen molar-refractivity contribution in [2.75, 3.05) is 13.1 Å². The molecule has 0 spiro atoms. The van der Waals surface area contributed by atoms with Crippen molar-refractivity contribution in [3.63, 3.8) is 0 Å².